The van der Waals surface area contributed by atoms with E-state index in [1.807, 2.05) is 18.2 Å². The van der Waals surface area contributed by atoms with E-state index < -0.39 is 11.7 Å². The molecule has 1 aromatic carbocycles. The molecule has 1 aliphatic rings. The zero-order valence-corrected chi connectivity index (χ0v) is 21.1. The summed E-state index contributed by atoms with van der Waals surface area (Å²) in [6.45, 7) is 6.96. The number of hydrogen-bond donors (Lipinski definition) is 1. The molecule has 2 aromatic heterocycles. The van der Waals surface area contributed by atoms with Gasteiger partial charge < -0.3 is 19.1 Å². The number of pyridine rings is 1. The maximum Gasteiger partial charge on any atom is 0.413 e. The molecule has 36 heavy (non-hydrogen) atoms. The van der Waals surface area contributed by atoms with Gasteiger partial charge in [0.25, 0.3) is 0 Å². The fourth-order valence-electron chi connectivity index (χ4n) is 4.11. The lowest BCUT2D eigenvalue weighted by atomic mass is 9.99. The summed E-state index contributed by atoms with van der Waals surface area (Å²) in [4.78, 5) is 23.4. The number of amides is 1. The van der Waals surface area contributed by atoms with Crippen LogP contribution in [0.15, 0.2) is 43.0 Å². The highest BCUT2D eigenvalue weighted by Crippen LogP contribution is 2.36. The molecule has 1 N–H and O–H groups in total. The van der Waals surface area contributed by atoms with Crippen molar-refractivity contribution in [2.45, 2.75) is 38.9 Å². The van der Waals surface area contributed by atoms with Crippen LogP contribution in [0.1, 0.15) is 32.8 Å². The number of hydrogen-bond acceptors (Lipinski definition) is 8. The molecule has 0 radical (unpaired) electrons. The van der Waals surface area contributed by atoms with Gasteiger partial charge in [-0.3, -0.25) is 9.88 Å². The van der Waals surface area contributed by atoms with Crippen molar-refractivity contribution in [3.05, 3.63) is 48.5 Å². The van der Waals surface area contributed by atoms with Crippen molar-refractivity contribution in [2.24, 2.45) is 0 Å². The first kappa shape index (κ1) is 25.0. The van der Waals surface area contributed by atoms with E-state index in [2.05, 4.69) is 26.3 Å². The Morgan fingerprint density at radius 3 is 2.64 bits per heavy atom. The normalized spacial score (nSPS) is 15.4. The van der Waals surface area contributed by atoms with E-state index in [1.54, 1.807) is 64.3 Å². The van der Waals surface area contributed by atoms with Crippen LogP contribution in [-0.4, -0.2) is 59.6 Å². The Balaban J connectivity index is 1.83. The molecule has 10 heteroatoms. The summed E-state index contributed by atoms with van der Waals surface area (Å²) in [6, 6.07) is 9.78. The van der Waals surface area contributed by atoms with Gasteiger partial charge in [-0.2, -0.15) is 5.26 Å². The molecule has 1 aliphatic heterocycles. The second-order valence-corrected chi connectivity index (χ2v) is 9.47. The minimum atomic E-state index is -0.676. The Hall–Kier alpha value is -4.10. The summed E-state index contributed by atoms with van der Waals surface area (Å²) in [7, 11) is 3.33. The van der Waals surface area contributed by atoms with Crippen LogP contribution in [0.4, 0.5) is 16.3 Å². The number of rotatable bonds is 6. The van der Waals surface area contributed by atoms with E-state index in [0.717, 1.165) is 30.8 Å². The molecule has 3 aromatic rings. The molecule has 10 nitrogen and oxygen atoms in total. The van der Waals surface area contributed by atoms with E-state index in [-0.39, 0.29) is 11.9 Å². The SMILES string of the molecule is COc1cc(-c2cc(NC(=O)OC(C)(C)C)nc(-n3ccnc3)c2C#N)cc(N2CC[C@@H](OC)C2)c1. The van der Waals surface area contributed by atoms with E-state index in [0.29, 0.717) is 22.7 Å². The van der Waals surface area contributed by atoms with Crippen molar-refractivity contribution in [3.63, 3.8) is 0 Å². The number of methoxy groups -OCH3 is 2. The average Bonchev–Trinajstić information content (AvgIpc) is 3.54. The van der Waals surface area contributed by atoms with Gasteiger partial charge in [-0.1, -0.05) is 0 Å². The van der Waals surface area contributed by atoms with Gasteiger partial charge in [0.15, 0.2) is 5.82 Å². The predicted molar refractivity (Wildman–Crippen MR) is 136 cm³/mol. The first-order valence-corrected chi connectivity index (χ1v) is 11.6. The van der Waals surface area contributed by atoms with Gasteiger partial charge in [0.2, 0.25) is 0 Å². The van der Waals surface area contributed by atoms with Crippen LogP contribution in [0, 0.1) is 11.3 Å². The second-order valence-electron chi connectivity index (χ2n) is 9.47. The van der Waals surface area contributed by atoms with Crippen LogP contribution in [0.5, 0.6) is 5.75 Å². The smallest absolute Gasteiger partial charge is 0.413 e. The van der Waals surface area contributed by atoms with Crippen LogP contribution in [0.3, 0.4) is 0 Å². The van der Waals surface area contributed by atoms with Gasteiger partial charge >= 0.3 is 6.09 Å². The zero-order chi connectivity index (χ0) is 25.9. The number of imidazole rings is 1. The Bertz CT molecular complexity index is 1280. The number of benzene rings is 1. The van der Waals surface area contributed by atoms with Gasteiger partial charge in [0.05, 0.1) is 13.2 Å². The second kappa shape index (κ2) is 10.3. The van der Waals surface area contributed by atoms with Gasteiger partial charge in [0, 0.05) is 49.9 Å². The zero-order valence-electron chi connectivity index (χ0n) is 21.1. The number of carbonyl (C=O) groups excluding carboxylic acids is 1. The first-order valence-electron chi connectivity index (χ1n) is 11.6. The lowest BCUT2D eigenvalue weighted by molar-refractivity contribution is 0.0635. The highest BCUT2D eigenvalue weighted by Gasteiger charge is 2.25. The summed E-state index contributed by atoms with van der Waals surface area (Å²) < 4.78 is 18.2. The summed E-state index contributed by atoms with van der Waals surface area (Å²) in [5.74, 6) is 1.23. The van der Waals surface area contributed by atoms with E-state index in [1.165, 1.54) is 0 Å². The highest BCUT2D eigenvalue weighted by atomic mass is 16.6. The van der Waals surface area contributed by atoms with E-state index in [4.69, 9.17) is 14.2 Å². The Morgan fingerprint density at radius 2 is 2.03 bits per heavy atom. The molecule has 1 atom stereocenters. The van der Waals surface area contributed by atoms with E-state index >= 15 is 0 Å². The van der Waals surface area contributed by atoms with Crippen molar-refractivity contribution in [1.29, 1.82) is 5.26 Å². The largest absolute Gasteiger partial charge is 0.497 e. The molecule has 0 spiro atoms. The number of nitriles is 1. The van der Waals surface area contributed by atoms with E-state index in [9.17, 15) is 10.1 Å². The maximum atomic E-state index is 12.5. The number of nitrogens with one attached hydrogen (secondary N) is 1. The molecule has 1 fully saturated rings. The third kappa shape index (κ3) is 5.58. The average molecular weight is 491 g/mol. The number of aromatic nitrogens is 3. The quantitative estimate of drug-likeness (QED) is 0.541. The highest BCUT2D eigenvalue weighted by molar-refractivity contribution is 5.87. The first-order chi connectivity index (χ1) is 17.2. The maximum absolute atomic E-state index is 12.5. The summed E-state index contributed by atoms with van der Waals surface area (Å²) >= 11 is 0. The standard InChI is InChI=1S/C26H30N6O4/c1-26(2,3)36-25(33)30-23-13-21(22(14-27)24(29-23)32-9-7-28-16-32)17-10-18(12-20(11-17)35-5)31-8-6-19(15-31)34-4/h7,9-13,16,19H,6,8,15H2,1-5H3,(H,29,30,33)/t19-/m1/s1. The Kier molecular flexibility index (Phi) is 7.12. The molecule has 0 unspecified atom stereocenters. The number of nitrogens with zero attached hydrogens (tertiary/aromatic N) is 5. The number of anilines is 2. The number of carbonyl (C=O) groups is 1. The topological polar surface area (TPSA) is 115 Å². The van der Waals surface area contributed by atoms with Gasteiger partial charge in [-0.25, -0.2) is 14.8 Å². The van der Waals surface area contributed by atoms with Crippen LogP contribution < -0.4 is 15.0 Å². The van der Waals surface area contributed by atoms with Crippen molar-refractivity contribution in [1.82, 2.24) is 14.5 Å². The van der Waals surface area contributed by atoms with Crippen LogP contribution in [0.25, 0.3) is 16.9 Å². The fourth-order valence-corrected chi connectivity index (χ4v) is 4.11. The third-order valence-electron chi connectivity index (χ3n) is 5.77. The van der Waals surface area contributed by atoms with Crippen LogP contribution >= 0.6 is 0 Å². The fraction of sp³-hybridized carbons (Fsp3) is 0.385. The number of ether oxygens (including phenoxy) is 3. The molecule has 188 valence electrons. The Labute approximate surface area is 210 Å². The monoisotopic (exact) mass is 490 g/mol. The lowest BCUT2D eigenvalue weighted by Gasteiger charge is -2.22. The summed E-state index contributed by atoms with van der Waals surface area (Å²) in [5, 5.41) is 12.9. The molecular formula is C26H30N6O4. The molecule has 0 bridgehead atoms. The minimum absolute atomic E-state index is 0.160. The lowest BCUT2D eigenvalue weighted by Crippen LogP contribution is -2.27. The van der Waals surface area contributed by atoms with Crippen LogP contribution in [0.2, 0.25) is 0 Å². The predicted octanol–water partition coefficient (Wildman–Crippen LogP) is 4.39. The molecule has 1 amide bonds. The molecule has 1 saturated heterocycles. The molecule has 3 heterocycles. The van der Waals surface area contributed by atoms with Gasteiger partial charge in [-0.05, 0) is 51.0 Å². The molecule has 0 saturated carbocycles. The van der Waals surface area contributed by atoms with Crippen molar-refractivity contribution < 1.29 is 19.0 Å². The van der Waals surface area contributed by atoms with Crippen molar-refractivity contribution in [3.8, 4) is 28.8 Å². The molecule has 4 rings (SSSR count). The molecule has 0 aliphatic carbocycles. The molecular weight excluding hydrogens is 460 g/mol. The van der Waals surface area contributed by atoms with Crippen LogP contribution in [-0.2, 0) is 9.47 Å². The van der Waals surface area contributed by atoms with Gasteiger partial charge in [-0.15, -0.1) is 0 Å². The van der Waals surface area contributed by atoms with Crippen molar-refractivity contribution >= 4 is 17.6 Å². The summed E-state index contributed by atoms with van der Waals surface area (Å²) in [5.41, 5.74) is 1.95. The Morgan fingerprint density at radius 1 is 1.22 bits per heavy atom. The minimum Gasteiger partial charge on any atom is -0.497 e. The van der Waals surface area contributed by atoms with Gasteiger partial charge in [0.1, 0.15) is 35.1 Å². The summed E-state index contributed by atoms with van der Waals surface area (Å²) in [6.07, 6.45) is 5.28. The van der Waals surface area contributed by atoms with Crippen molar-refractivity contribution in [2.75, 3.05) is 37.5 Å². The third-order valence-corrected chi connectivity index (χ3v) is 5.77.